The van der Waals surface area contributed by atoms with E-state index < -0.39 is 5.41 Å². The minimum Gasteiger partial charge on any atom is -0.327 e. The molecule has 1 aromatic carbocycles. The van der Waals surface area contributed by atoms with Crippen molar-refractivity contribution in [3.05, 3.63) is 36.9 Å². The van der Waals surface area contributed by atoms with Gasteiger partial charge in [-0.2, -0.15) is 5.10 Å². The van der Waals surface area contributed by atoms with E-state index in [1.807, 2.05) is 31.2 Å². The molecule has 3 N–H and O–H groups in total. The van der Waals surface area contributed by atoms with Gasteiger partial charge in [-0.25, -0.2) is 9.67 Å². The molecule has 1 aliphatic rings. The summed E-state index contributed by atoms with van der Waals surface area (Å²) in [7, 11) is 0. The molecule has 0 bridgehead atoms. The topological polar surface area (TPSA) is 85.8 Å². The zero-order valence-electron chi connectivity index (χ0n) is 12.0. The molecule has 2 unspecified atom stereocenters. The predicted molar refractivity (Wildman–Crippen MR) is 79.9 cm³/mol. The summed E-state index contributed by atoms with van der Waals surface area (Å²) >= 11 is 0. The van der Waals surface area contributed by atoms with Gasteiger partial charge in [0, 0.05) is 11.7 Å². The van der Waals surface area contributed by atoms with Gasteiger partial charge in [0.15, 0.2) is 0 Å². The number of benzene rings is 1. The van der Waals surface area contributed by atoms with Crippen molar-refractivity contribution >= 4 is 11.6 Å². The molecular weight excluding hydrogens is 266 g/mol. The van der Waals surface area contributed by atoms with E-state index in [-0.39, 0.29) is 11.9 Å². The van der Waals surface area contributed by atoms with Crippen LogP contribution in [0.5, 0.6) is 0 Å². The summed E-state index contributed by atoms with van der Waals surface area (Å²) in [6.07, 6.45) is 5.88. The number of nitrogens with one attached hydrogen (secondary N) is 1. The second kappa shape index (κ2) is 5.29. The zero-order chi connectivity index (χ0) is 14.9. The number of nitrogens with zero attached hydrogens (tertiary/aromatic N) is 3. The molecule has 0 spiro atoms. The monoisotopic (exact) mass is 285 g/mol. The highest BCUT2D eigenvalue weighted by molar-refractivity contribution is 5.95. The van der Waals surface area contributed by atoms with Gasteiger partial charge in [0.1, 0.15) is 12.7 Å². The first-order valence-corrected chi connectivity index (χ1v) is 7.12. The summed E-state index contributed by atoms with van der Waals surface area (Å²) < 4.78 is 1.67. The predicted octanol–water partition coefficient (Wildman–Crippen LogP) is 1.72. The molecule has 1 aliphatic carbocycles. The van der Waals surface area contributed by atoms with Gasteiger partial charge < -0.3 is 11.1 Å². The van der Waals surface area contributed by atoms with Crippen LogP contribution in [0.3, 0.4) is 0 Å². The van der Waals surface area contributed by atoms with Gasteiger partial charge >= 0.3 is 0 Å². The maximum atomic E-state index is 12.4. The van der Waals surface area contributed by atoms with Gasteiger partial charge in [0.2, 0.25) is 5.91 Å². The standard InChI is InChI=1S/C15H19N5O/c1-15(8-2-3-13(15)16)14(21)19-11-4-6-12(7-5-11)20-10-17-9-18-20/h4-7,9-10,13H,2-3,8,16H2,1H3,(H,19,21). The first-order chi connectivity index (χ1) is 10.1. The maximum absolute atomic E-state index is 12.4. The van der Waals surface area contributed by atoms with E-state index in [1.54, 1.807) is 11.0 Å². The SMILES string of the molecule is CC1(C(=O)Nc2ccc(-n3cncn3)cc2)CCCC1N. The summed E-state index contributed by atoms with van der Waals surface area (Å²) in [6.45, 7) is 1.95. The van der Waals surface area contributed by atoms with Crippen molar-refractivity contribution in [2.45, 2.75) is 32.2 Å². The van der Waals surface area contributed by atoms with Gasteiger partial charge in [-0.15, -0.1) is 0 Å². The number of carbonyl (C=O) groups excluding carboxylic acids is 1. The third-order valence-electron chi connectivity index (χ3n) is 4.36. The summed E-state index contributed by atoms with van der Waals surface area (Å²) in [6, 6.07) is 7.44. The molecule has 1 saturated carbocycles. The van der Waals surface area contributed by atoms with Gasteiger partial charge in [0.05, 0.1) is 11.1 Å². The van der Waals surface area contributed by atoms with Gasteiger partial charge in [-0.3, -0.25) is 4.79 Å². The summed E-state index contributed by atoms with van der Waals surface area (Å²) in [4.78, 5) is 16.3. The number of rotatable bonds is 3. The van der Waals surface area contributed by atoms with Crippen molar-refractivity contribution in [1.29, 1.82) is 0 Å². The molecule has 3 rings (SSSR count). The molecule has 2 aromatic rings. The van der Waals surface area contributed by atoms with Crippen LogP contribution in [0.4, 0.5) is 5.69 Å². The highest BCUT2D eigenvalue weighted by atomic mass is 16.2. The first kappa shape index (κ1) is 13.8. The van der Waals surface area contributed by atoms with E-state index in [0.29, 0.717) is 0 Å². The Balaban J connectivity index is 1.72. The quantitative estimate of drug-likeness (QED) is 0.899. The minimum atomic E-state index is -0.468. The van der Waals surface area contributed by atoms with Gasteiger partial charge in [-0.1, -0.05) is 6.42 Å². The fourth-order valence-electron chi connectivity index (χ4n) is 2.79. The lowest BCUT2D eigenvalue weighted by Crippen LogP contribution is -2.44. The highest BCUT2D eigenvalue weighted by Gasteiger charge is 2.42. The van der Waals surface area contributed by atoms with Crippen molar-refractivity contribution < 1.29 is 4.79 Å². The van der Waals surface area contributed by atoms with Crippen molar-refractivity contribution in [3.8, 4) is 5.69 Å². The Morgan fingerprint density at radius 2 is 2.19 bits per heavy atom. The van der Waals surface area contributed by atoms with Crippen LogP contribution in [0, 0.1) is 5.41 Å². The van der Waals surface area contributed by atoms with E-state index in [2.05, 4.69) is 15.4 Å². The Morgan fingerprint density at radius 3 is 2.76 bits per heavy atom. The molecule has 1 fully saturated rings. The number of carbonyl (C=O) groups is 1. The Hall–Kier alpha value is -2.21. The van der Waals surface area contributed by atoms with E-state index in [9.17, 15) is 4.79 Å². The van der Waals surface area contributed by atoms with E-state index in [0.717, 1.165) is 30.6 Å². The van der Waals surface area contributed by atoms with Gasteiger partial charge in [-0.05, 0) is 44.0 Å². The lowest BCUT2D eigenvalue weighted by Gasteiger charge is -2.27. The fraction of sp³-hybridized carbons (Fsp3) is 0.400. The van der Waals surface area contributed by atoms with Crippen LogP contribution in [-0.2, 0) is 4.79 Å². The number of hydrogen-bond donors (Lipinski definition) is 2. The average molecular weight is 285 g/mol. The van der Waals surface area contributed by atoms with Crippen LogP contribution in [-0.4, -0.2) is 26.7 Å². The molecule has 6 heteroatoms. The third kappa shape index (κ3) is 2.54. The second-order valence-electron chi connectivity index (χ2n) is 5.76. The Labute approximate surface area is 123 Å². The number of aromatic nitrogens is 3. The molecule has 110 valence electrons. The van der Waals surface area contributed by atoms with Crippen LogP contribution < -0.4 is 11.1 Å². The number of amides is 1. The Morgan fingerprint density at radius 1 is 1.43 bits per heavy atom. The molecule has 1 aromatic heterocycles. The minimum absolute atomic E-state index is 0.000931. The lowest BCUT2D eigenvalue weighted by atomic mass is 9.84. The van der Waals surface area contributed by atoms with Crippen molar-refractivity contribution in [2.75, 3.05) is 5.32 Å². The lowest BCUT2D eigenvalue weighted by molar-refractivity contribution is -0.125. The molecule has 1 heterocycles. The summed E-state index contributed by atoms with van der Waals surface area (Å²) in [5, 5.41) is 7.03. The normalized spacial score (nSPS) is 25.0. The van der Waals surface area contributed by atoms with Crippen molar-refractivity contribution in [2.24, 2.45) is 11.1 Å². The van der Waals surface area contributed by atoms with Crippen LogP contribution >= 0.6 is 0 Å². The fourth-order valence-corrected chi connectivity index (χ4v) is 2.79. The molecular formula is C15H19N5O. The summed E-state index contributed by atoms with van der Waals surface area (Å²) in [5.41, 5.74) is 7.27. The molecule has 0 saturated heterocycles. The van der Waals surface area contributed by atoms with Crippen LogP contribution in [0.1, 0.15) is 26.2 Å². The van der Waals surface area contributed by atoms with Crippen molar-refractivity contribution in [1.82, 2.24) is 14.8 Å². The zero-order valence-corrected chi connectivity index (χ0v) is 12.0. The molecule has 0 aliphatic heterocycles. The van der Waals surface area contributed by atoms with Crippen molar-refractivity contribution in [3.63, 3.8) is 0 Å². The van der Waals surface area contributed by atoms with Crippen LogP contribution in [0.25, 0.3) is 5.69 Å². The molecule has 0 radical (unpaired) electrons. The third-order valence-corrected chi connectivity index (χ3v) is 4.36. The van der Waals surface area contributed by atoms with E-state index in [4.69, 9.17) is 5.73 Å². The van der Waals surface area contributed by atoms with Gasteiger partial charge in [0.25, 0.3) is 0 Å². The first-order valence-electron chi connectivity index (χ1n) is 7.12. The second-order valence-corrected chi connectivity index (χ2v) is 5.76. The smallest absolute Gasteiger partial charge is 0.231 e. The van der Waals surface area contributed by atoms with E-state index >= 15 is 0 Å². The largest absolute Gasteiger partial charge is 0.327 e. The number of nitrogens with two attached hydrogens (primary N) is 1. The Kier molecular flexibility index (Phi) is 3.47. The maximum Gasteiger partial charge on any atom is 0.231 e. The molecule has 1 amide bonds. The Bertz CT molecular complexity index is 622. The van der Waals surface area contributed by atoms with Crippen LogP contribution in [0.2, 0.25) is 0 Å². The highest BCUT2D eigenvalue weighted by Crippen LogP contribution is 2.37. The number of hydrogen-bond acceptors (Lipinski definition) is 4. The summed E-state index contributed by atoms with van der Waals surface area (Å²) in [5.74, 6) is 0.000931. The molecule has 2 atom stereocenters. The van der Waals surface area contributed by atoms with E-state index in [1.165, 1.54) is 6.33 Å². The molecule has 21 heavy (non-hydrogen) atoms. The molecule has 6 nitrogen and oxygen atoms in total. The number of anilines is 1. The average Bonchev–Trinajstić information content (AvgIpc) is 3.12. The van der Waals surface area contributed by atoms with Crippen LogP contribution in [0.15, 0.2) is 36.9 Å².